The summed E-state index contributed by atoms with van der Waals surface area (Å²) in [4.78, 5) is 16.3. The SMILES string of the molecule is O=C(Cc1ccc(F)cn1)NCc1ccccc1-c1ccccc1C=Cc1ccc(O)cc1. The Morgan fingerprint density at radius 1 is 0.879 bits per heavy atom. The molecule has 0 bridgehead atoms. The molecule has 1 aromatic heterocycles. The lowest BCUT2D eigenvalue weighted by Crippen LogP contribution is -2.25. The molecule has 164 valence electrons. The Balaban J connectivity index is 1.52. The van der Waals surface area contributed by atoms with Crippen molar-refractivity contribution in [2.75, 3.05) is 0 Å². The van der Waals surface area contributed by atoms with Gasteiger partial charge in [-0.05, 0) is 52.1 Å². The van der Waals surface area contributed by atoms with Crippen LogP contribution in [-0.2, 0) is 17.8 Å². The van der Waals surface area contributed by atoms with Crippen molar-refractivity contribution in [3.63, 3.8) is 0 Å². The van der Waals surface area contributed by atoms with Gasteiger partial charge in [0.15, 0.2) is 0 Å². The minimum Gasteiger partial charge on any atom is -0.508 e. The van der Waals surface area contributed by atoms with Gasteiger partial charge in [0, 0.05) is 12.2 Å². The summed E-state index contributed by atoms with van der Waals surface area (Å²) in [5.74, 6) is -0.366. The molecule has 0 spiro atoms. The Morgan fingerprint density at radius 2 is 1.61 bits per heavy atom. The van der Waals surface area contributed by atoms with Gasteiger partial charge in [0.05, 0.1) is 12.6 Å². The van der Waals surface area contributed by atoms with Crippen LogP contribution < -0.4 is 5.32 Å². The predicted octanol–water partition coefficient (Wildman–Crippen LogP) is 5.62. The maximum Gasteiger partial charge on any atom is 0.226 e. The van der Waals surface area contributed by atoms with Crippen LogP contribution in [0.4, 0.5) is 4.39 Å². The second-order valence-electron chi connectivity index (χ2n) is 7.59. The first-order valence-corrected chi connectivity index (χ1v) is 10.6. The van der Waals surface area contributed by atoms with Gasteiger partial charge in [0.2, 0.25) is 5.91 Å². The molecule has 0 unspecified atom stereocenters. The lowest BCUT2D eigenvalue weighted by molar-refractivity contribution is -0.120. The standard InChI is InChI=1S/C28H23FN2O2/c29-23-13-14-24(30-19-23)17-28(33)31-18-22-6-2-4-8-27(22)26-7-3-1-5-21(26)12-9-20-10-15-25(32)16-11-20/h1-16,19,32H,17-18H2,(H,31,33). The zero-order valence-corrected chi connectivity index (χ0v) is 17.9. The third-order valence-corrected chi connectivity index (χ3v) is 5.22. The third kappa shape index (κ3) is 5.92. The molecule has 4 nitrogen and oxygen atoms in total. The molecule has 33 heavy (non-hydrogen) atoms. The van der Waals surface area contributed by atoms with Gasteiger partial charge in [-0.25, -0.2) is 4.39 Å². The molecule has 1 heterocycles. The fraction of sp³-hybridized carbons (Fsp3) is 0.0714. The summed E-state index contributed by atoms with van der Waals surface area (Å²) in [5.41, 5.74) is 5.62. The van der Waals surface area contributed by atoms with Gasteiger partial charge in [-0.2, -0.15) is 0 Å². The van der Waals surface area contributed by atoms with Crippen LogP contribution in [0.25, 0.3) is 23.3 Å². The lowest BCUT2D eigenvalue weighted by Gasteiger charge is -2.13. The van der Waals surface area contributed by atoms with Gasteiger partial charge in [-0.1, -0.05) is 72.8 Å². The fourth-order valence-corrected chi connectivity index (χ4v) is 3.53. The fourth-order valence-electron chi connectivity index (χ4n) is 3.53. The van der Waals surface area contributed by atoms with E-state index in [0.29, 0.717) is 12.2 Å². The van der Waals surface area contributed by atoms with Gasteiger partial charge < -0.3 is 10.4 Å². The molecule has 4 rings (SSSR count). The number of hydrogen-bond acceptors (Lipinski definition) is 3. The summed E-state index contributed by atoms with van der Waals surface area (Å²) < 4.78 is 13.0. The van der Waals surface area contributed by atoms with E-state index in [1.54, 1.807) is 12.1 Å². The number of nitrogens with zero attached hydrogens (tertiary/aromatic N) is 1. The number of halogens is 1. The van der Waals surface area contributed by atoms with Crippen LogP contribution >= 0.6 is 0 Å². The second-order valence-corrected chi connectivity index (χ2v) is 7.59. The number of amides is 1. The molecule has 0 fully saturated rings. The molecule has 0 aliphatic carbocycles. The first-order chi connectivity index (χ1) is 16.1. The highest BCUT2D eigenvalue weighted by molar-refractivity contribution is 5.83. The van der Waals surface area contributed by atoms with E-state index in [4.69, 9.17) is 0 Å². The zero-order chi connectivity index (χ0) is 23.0. The van der Waals surface area contributed by atoms with Crippen LogP contribution in [0.2, 0.25) is 0 Å². The van der Waals surface area contributed by atoms with Crippen LogP contribution in [0.15, 0.2) is 91.1 Å². The van der Waals surface area contributed by atoms with Crippen molar-refractivity contribution in [3.8, 4) is 16.9 Å². The maximum absolute atomic E-state index is 13.0. The Hall–Kier alpha value is -4.25. The van der Waals surface area contributed by atoms with E-state index in [0.717, 1.165) is 34.0 Å². The molecule has 3 aromatic carbocycles. The van der Waals surface area contributed by atoms with Gasteiger partial charge >= 0.3 is 0 Å². The highest BCUT2D eigenvalue weighted by atomic mass is 19.1. The summed E-state index contributed by atoms with van der Waals surface area (Å²) in [5, 5.41) is 12.4. The molecule has 2 N–H and O–H groups in total. The molecule has 0 aliphatic rings. The molecule has 0 aliphatic heterocycles. The van der Waals surface area contributed by atoms with Crippen molar-refractivity contribution in [1.82, 2.24) is 10.3 Å². The molecule has 0 saturated carbocycles. The summed E-state index contributed by atoms with van der Waals surface area (Å²) in [6.07, 6.45) is 5.24. The van der Waals surface area contributed by atoms with Crippen molar-refractivity contribution >= 4 is 18.1 Å². The number of aromatic hydroxyl groups is 1. The molecule has 0 saturated heterocycles. The summed E-state index contributed by atoms with van der Waals surface area (Å²) >= 11 is 0. The van der Waals surface area contributed by atoms with Gasteiger partial charge in [-0.15, -0.1) is 0 Å². The van der Waals surface area contributed by atoms with E-state index in [2.05, 4.69) is 16.4 Å². The Bertz CT molecular complexity index is 1270. The zero-order valence-electron chi connectivity index (χ0n) is 17.9. The molecule has 0 atom stereocenters. The number of benzene rings is 3. The highest BCUT2D eigenvalue weighted by Gasteiger charge is 2.10. The largest absolute Gasteiger partial charge is 0.508 e. The number of nitrogens with one attached hydrogen (secondary N) is 1. The van der Waals surface area contributed by atoms with Crippen molar-refractivity contribution in [3.05, 3.63) is 119 Å². The first kappa shape index (κ1) is 22.0. The molecule has 1 amide bonds. The van der Waals surface area contributed by atoms with Crippen LogP contribution in [0.1, 0.15) is 22.4 Å². The number of hydrogen-bond donors (Lipinski definition) is 2. The molecule has 4 aromatic rings. The Labute approximate surface area is 192 Å². The topological polar surface area (TPSA) is 62.2 Å². The van der Waals surface area contributed by atoms with E-state index >= 15 is 0 Å². The number of carbonyl (C=O) groups excluding carboxylic acids is 1. The van der Waals surface area contributed by atoms with E-state index in [9.17, 15) is 14.3 Å². The van der Waals surface area contributed by atoms with E-state index in [1.807, 2.05) is 66.7 Å². The quantitative estimate of drug-likeness (QED) is 0.368. The van der Waals surface area contributed by atoms with Crippen LogP contribution in [0.3, 0.4) is 0 Å². The van der Waals surface area contributed by atoms with E-state index in [1.165, 1.54) is 12.1 Å². The smallest absolute Gasteiger partial charge is 0.226 e. The normalized spacial score (nSPS) is 10.9. The van der Waals surface area contributed by atoms with Crippen molar-refractivity contribution in [1.29, 1.82) is 0 Å². The Morgan fingerprint density at radius 3 is 2.36 bits per heavy atom. The predicted molar refractivity (Wildman–Crippen MR) is 129 cm³/mol. The van der Waals surface area contributed by atoms with Gasteiger partial charge in [-0.3, -0.25) is 9.78 Å². The van der Waals surface area contributed by atoms with Crippen LogP contribution in [-0.4, -0.2) is 16.0 Å². The first-order valence-electron chi connectivity index (χ1n) is 10.6. The lowest BCUT2D eigenvalue weighted by atomic mass is 9.94. The molecule has 0 radical (unpaired) electrons. The number of phenolic OH excluding ortho intramolecular Hbond substituents is 1. The average molecular weight is 439 g/mol. The number of carbonyl (C=O) groups is 1. The maximum atomic E-state index is 13.0. The van der Waals surface area contributed by atoms with Crippen molar-refractivity contribution < 1.29 is 14.3 Å². The molecular formula is C28H23FN2O2. The van der Waals surface area contributed by atoms with Crippen molar-refractivity contribution in [2.45, 2.75) is 13.0 Å². The third-order valence-electron chi connectivity index (χ3n) is 5.22. The summed E-state index contributed by atoms with van der Waals surface area (Å²) in [7, 11) is 0. The number of phenols is 1. The highest BCUT2D eigenvalue weighted by Crippen LogP contribution is 2.28. The second kappa shape index (κ2) is 10.4. The van der Waals surface area contributed by atoms with E-state index < -0.39 is 5.82 Å². The minimum absolute atomic E-state index is 0.0917. The summed E-state index contributed by atoms with van der Waals surface area (Å²) in [6.45, 7) is 0.367. The van der Waals surface area contributed by atoms with Gasteiger partial charge in [0.1, 0.15) is 11.6 Å². The summed E-state index contributed by atoms with van der Waals surface area (Å²) in [6, 6.07) is 25.9. The minimum atomic E-state index is -0.425. The van der Waals surface area contributed by atoms with Gasteiger partial charge in [0.25, 0.3) is 0 Å². The van der Waals surface area contributed by atoms with E-state index in [-0.39, 0.29) is 18.1 Å². The average Bonchev–Trinajstić information content (AvgIpc) is 2.84. The Kier molecular flexibility index (Phi) is 6.90. The number of aromatic nitrogens is 1. The van der Waals surface area contributed by atoms with Crippen LogP contribution in [0, 0.1) is 5.82 Å². The van der Waals surface area contributed by atoms with Crippen molar-refractivity contribution in [2.24, 2.45) is 0 Å². The molecular weight excluding hydrogens is 415 g/mol. The molecule has 5 heteroatoms. The monoisotopic (exact) mass is 438 g/mol. The number of rotatable bonds is 7. The number of pyridine rings is 1. The van der Waals surface area contributed by atoms with Crippen LogP contribution in [0.5, 0.6) is 5.75 Å².